The van der Waals surface area contributed by atoms with E-state index in [9.17, 15) is 0 Å². The van der Waals surface area contributed by atoms with Crippen molar-refractivity contribution in [3.63, 3.8) is 0 Å². The third-order valence-corrected chi connectivity index (χ3v) is 2.80. The summed E-state index contributed by atoms with van der Waals surface area (Å²) in [7, 11) is 1.89. The molecule has 3 aromatic heterocycles. The van der Waals surface area contributed by atoms with E-state index in [0.717, 1.165) is 13.0 Å². The number of aromatic nitrogens is 8. The molecule has 0 unspecified atom stereocenters. The van der Waals surface area contributed by atoms with E-state index in [-0.39, 0.29) is 0 Å². The highest BCUT2D eigenvalue weighted by atomic mass is 15.4. The Hall–Kier alpha value is -2.84. The second-order valence-electron chi connectivity index (χ2n) is 4.41. The van der Waals surface area contributed by atoms with Gasteiger partial charge in [-0.15, -0.1) is 0 Å². The zero-order valence-corrected chi connectivity index (χ0v) is 11.8. The molecule has 21 heavy (non-hydrogen) atoms. The Bertz CT molecular complexity index is 716. The molecule has 3 rings (SSSR count). The van der Waals surface area contributed by atoms with Crippen LogP contribution in [0.4, 0.5) is 5.95 Å². The normalized spacial score (nSPS) is 10.8. The molecule has 0 spiro atoms. The van der Waals surface area contributed by atoms with Gasteiger partial charge in [-0.3, -0.25) is 0 Å². The van der Waals surface area contributed by atoms with E-state index in [4.69, 9.17) is 0 Å². The van der Waals surface area contributed by atoms with Crippen molar-refractivity contribution in [3.05, 3.63) is 25.0 Å². The van der Waals surface area contributed by atoms with Crippen LogP contribution in [0.2, 0.25) is 0 Å². The first-order chi connectivity index (χ1) is 10.3. The maximum atomic E-state index is 4.41. The second-order valence-corrected chi connectivity index (χ2v) is 4.41. The Morgan fingerprint density at radius 1 is 1.24 bits per heavy atom. The topological polar surface area (TPSA) is 99.2 Å². The van der Waals surface area contributed by atoms with Gasteiger partial charge >= 0.3 is 0 Å². The molecular weight excluding hydrogens is 270 g/mol. The fourth-order valence-electron chi connectivity index (χ4n) is 1.78. The summed E-state index contributed by atoms with van der Waals surface area (Å²) in [6.07, 6.45) is 7.49. The summed E-state index contributed by atoms with van der Waals surface area (Å²) in [5.74, 6) is 2.05. The van der Waals surface area contributed by atoms with Crippen molar-refractivity contribution in [1.82, 2.24) is 39.3 Å². The molecule has 3 heterocycles. The van der Waals surface area contributed by atoms with Crippen molar-refractivity contribution in [2.75, 3.05) is 11.9 Å². The molecule has 0 aliphatic heterocycles. The molecule has 9 heteroatoms. The van der Waals surface area contributed by atoms with E-state index < -0.39 is 0 Å². The third kappa shape index (κ3) is 2.71. The summed E-state index contributed by atoms with van der Waals surface area (Å²) in [6, 6.07) is 0. The predicted molar refractivity (Wildman–Crippen MR) is 75.7 cm³/mol. The van der Waals surface area contributed by atoms with E-state index >= 15 is 0 Å². The van der Waals surface area contributed by atoms with Gasteiger partial charge in [0.1, 0.15) is 12.7 Å². The van der Waals surface area contributed by atoms with Gasteiger partial charge in [0, 0.05) is 26.0 Å². The maximum absolute atomic E-state index is 4.41. The van der Waals surface area contributed by atoms with Gasteiger partial charge < -0.3 is 9.88 Å². The minimum atomic E-state index is 0.402. The van der Waals surface area contributed by atoms with Gasteiger partial charge in [-0.2, -0.15) is 24.7 Å². The second kappa shape index (κ2) is 5.65. The van der Waals surface area contributed by atoms with Crippen molar-refractivity contribution in [2.24, 2.45) is 7.05 Å². The van der Waals surface area contributed by atoms with Crippen molar-refractivity contribution in [2.45, 2.75) is 13.3 Å². The van der Waals surface area contributed by atoms with Gasteiger partial charge in [-0.1, -0.05) is 6.92 Å². The number of hydrogen-bond donors (Lipinski definition) is 1. The van der Waals surface area contributed by atoms with Gasteiger partial charge in [-0.05, 0) is 6.42 Å². The number of rotatable bonds is 5. The lowest BCUT2D eigenvalue weighted by molar-refractivity contribution is 0.788. The standard InChI is InChI=1S/C12H15N9/c1-3-4-15-11-17-9(10-14-5-6-20(10)2)18-12(19-11)21-8-13-7-16-21/h5-8H,3-4H2,1-2H3,(H,15,17,18,19). The SMILES string of the molecule is CCCNc1nc(-c2nccn2C)nc(-n2cncn2)n1. The smallest absolute Gasteiger partial charge is 0.257 e. The molecular formula is C12H15N9. The minimum Gasteiger partial charge on any atom is -0.354 e. The van der Waals surface area contributed by atoms with Crippen LogP contribution in [0.15, 0.2) is 25.0 Å². The lowest BCUT2D eigenvalue weighted by Crippen LogP contribution is -2.12. The molecule has 0 aliphatic rings. The van der Waals surface area contributed by atoms with Crippen LogP contribution in [0.1, 0.15) is 13.3 Å². The number of aryl methyl sites for hydroxylation is 1. The maximum Gasteiger partial charge on any atom is 0.257 e. The molecule has 0 saturated carbocycles. The highest BCUT2D eigenvalue weighted by Gasteiger charge is 2.13. The number of nitrogens with zero attached hydrogens (tertiary/aromatic N) is 8. The van der Waals surface area contributed by atoms with Crippen LogP contribution >= 0.6 is 0 Å². The van der Waals surface area contributed by atoms with E-state index in [1.807, 2.05) is 17.8 Å². The first kappa shape index (κ1) is 13.2. The van der Waals surface area contributed by atoms with Crippen LogP contribution in [-0.2, 0) is 7.05 Å². The summed E-state index contributed by atoms with van der Waals surface area (Å²) in [5, 5.41) is 7.21. The largest absolute Gasteiger partial charge is 0.354 e. The molecule has 3 aromatic rings. The Balaban J connectivity index is 2.07. The molecule has 0 saturated heterocycles. The van der Waals surface area contributed by atoms with Crippen LogP contribution in [0, 0.1) is 0 Å². The average Bonchev–Trinajstić information content (AvgIpc) is 3.16. The lowest BCUT2D eigenvalue weighted by atomic mass is 10.5. The van der Waals surface area contributed by atoms with Crippen LogP contribution < -0.4 is 5.32 Å². The van der Waals surface area contributed by atoms with Crippen molar-refractivity contribution in [1.29, 1.82) is 0 Å². The predicted octanol–water partition coefficient (Wildman–Crippen LogP) is 0.675. The van der Waals surface area contributed by atoms with Gasteiger partial charge in [0.05, 0.1) is 0 Å². The number of anilines is 1. The zero-order valence-electron chi connectivity index (χ0n) is 11.8. The molecule has 9 nitrogen and oxygen atoms in total. The summed E-state index contributed by atoms with van der Waals surface area (Å²) < 4.78 is 3.34. The third-order valence-electron chi connectivity index (χ3n) is 2.80. The summed E-state index contributed by atoms with van der Waals surface area (Å²) in [6.45, 7) is 2.85. The molecule has 0 aromatic carbocycles. The van der Waals surface area contributed by atoms with Gasteiger partial charge in [-0.25, -0.2) is 9.97 Å². The van der Waals surface area contributed by atoms with E-state index in [0.29, 0.717) is 23.5 Å². The highest BCUT2D eigenvalue weighted by molar-refractivity contribution is 5.48. The highest BCUT2D eigenvalue weighted by Crippen LogP contribution is 2.14. The Morgan fingerprint density at radius 2 is 2.14 bits per heavy atom. The summed E-state index contributed by atoms with van der Waals surface area (Å²) in [4.78, 5) is 21.3. The molecule has 0 fully saturated rings. The fraction of sp³-hybridized carbons (Fsp3) is 0.333. The van der Waals surface area contributed by atoms with Crippen molar-refractivity contribution < 1.29 is 0 Å². The van der Waals surface area contributed by atoms with E-state index in [2.05, 4.69) is 42.3 Å². The molecule has 0 atom stereocenters. The number of imidazole rings is 1. The molecule has 0 amide bonds. The number of hydrogen-bond acceptors (Lipinski definition) is 7. The Kier molecular flexibility index (Phi) is 3.54. The van der Waals surface area contributed by atoms with Crippen LogP contribution in [0.5, 0.6) is 0 Å². The average molecular weight is 285 g/mol. The number of nitrogens with one attached hydrogen (secondary N) is 1. The quantitative estimate of drug-likeness (QED) is 0.735. The van der Waals surface area contributed by atoms with Crippen molar-refractivity contribution >= 4 is 5.95 Å². The first-order valence-corrected chi connectivity index (χ1v) is 6.60. The molecule has 0 bridgehead atoms. The minimum absolute atomic E-state index is 0.402. The van der Waals surface area contributed by atoms with Crippen LogP contribution in [0.25, 0.3) is 17.6 Å². The monoisotopic (exact) mass is 285 g/mol. The molecule has 0 aliphatic carbocycles. The fourth-order valence-corrected chi connectivity index (χ4v) is 1.78. The Labute approximate surface area is 121 Å². The van der Waals surface area contributed by atoms with E-state index in [1.54, 1.807) is 12.5 Å². The molecule has 1 N–H and O–H groups in total. The lowest BCUT2D eigenvalue weighted by Gasteiger charge is -2.08. The molecule has 0 radical (unpaired) electrons. The molecule has 108 valence electrons. The van der Waals surface area contributed by atoms with Crippen LogP contribution in [0.3, 0.4) is 0 Å². The zero-order chi connectivity index (χ0) is 14.7. The van der Waals surface area contributed by atoms with Crippen LogP contribution in [-0.4, -0.2) is 45.8 Å². The van der Waals surface area contributed by atoms with Gasteiger partial charge in [0.15, 0.2) is 5.82 Å². The summed E-state index contributed by atoms with van der Waals surface area (Å²) >= 11 is 0. The van der Waals surface area contributed by atoms with Gasteiger partial charge in [0.2, 0.25) is 11.8 Å². The summed E-state index contributed by atoms with van der Waals surface area (Å²) in [5.41, 5.74) is 0. The van der Waals surface area contributed by atoms with E-state index in [1.165, 1.54) is 11.0 Å². The van der Waals surface area contributed by atoms with Gasteiger partial charge in [0.25, 0.3) is 5.95 Å². The first-order valence-electron chi connectivity index (χ1n) is 6.60. The Morgan fingerprint density at radius 3 is 2.81 bits per heavy atom. The van der Waals surface area contributed by atoms with Crippen molar-refractivity contribution in [3.8, 4) is 17.6 Å².